The summed E-state index contributed by atoms with van der Waals surface area (Å²) in [5.74, 6) is -0.0832. The molecule has 2 rings (SSSR count). The number of ether oxygens (including phenoxy) is 1. The van der Waals surface area contributed by atoms with Crippen LogP contribution in [0.1, 0.15) is 32.8 Å². The Morgan fingerprint density at radius 3 is 2.44 bits per heavy atom. The first-order valence-electron chi connectivity index (χ1n) is 8.19. The fraction of sp³-hybridized carbons (Fsp3) is 0.500. The number of aryl methyl sites for hydroxylation is 1. The molecule has 6 nitrogen and oxygen atoms in total. The number of nitrogens with one attached hydrogen (secondary N) is 1. The molecule has 1 aromatic rings. The number of carbonyl (C=O) groups is 1. The molecule has 0 bridgehead atoms. The molecule has 1 aliphatic carbocycles. The van der Waals surface area contributed by atoms with E-state index in [1.165, 1.54) is 12.1 Å². The third kappa shape index (κ3) is 6.17. The average molecular weight is 367 g/mol. The molecule has 0 fully saturated rings. The molecule has 1 aromatic carbocycles. The Balaban J connectivity index is 1.82. The van der Waals surface area contributed by atoms with E-state index in [-0.39, 0.29) is 23.5 Å². The van der Waals surface area contributed by atoms with Crippen molar-refractivity contribution >= 4 is 16.2 Å². The summed E-state index contributed by atoms with van der Waals surface area (Å²) >= 11 is 0. The minimum Gasteiger partial charge on any atom is -0.444 e. The van der Waals surface area contributed by atoms with Crippen LogP contribution in [0.15, 0.2) is 41.3 Å². The van der Waals surface area contributed by atoms with E-state index in [2.05, 4.69) is 5.32 Å². The number of hydrogen-bond acceptors (Lipinski definition) is 5. The normalized spacial score (nSPS) is 20.5. The third-order valence-corrected chi connectivity index (χ3v) is 4.92. The van der Waals surface area contributed by atoms with E-state index >= 15 is 0 Å². The summed E-state index contributed by atoms with van der Waals surface area (Å²) in [5.41, 5.74) is 0.422. The number of benzene rings is 1. The highest BCUT2D eigenvalue weighted by atomic mass is 32.2. The Bertz CT molecular complexity index is 732. The summed E-state index contributed by atoms with van der Waals surface area (Å²) in [6, 6.07) is 6.33. The second kappa shape index (κ2) is 7.58. The van der Waals surface area contributed by atoms with Gasteiger partial charge in [0.05, 0.1) is 17.5 Å². The summed E-state index contributed by atoms with van der Waals surface area (Å²) in [6.07, 6.45) is 3.77. The van der Waals surface area contributed by atoms with Crippen molar-refractivity contribution in [3.05, 3.63) is 42.0 Å². The van der Waals surface area contributed by atoms with Crippen molar-refractivity contribution in [3.63, 3.8) is 0 Å². The molecule has 0 aromatic heterocycles. The van der Waals surface area contributed by atoms with E-state index in [1.54, 1.807) is 32.9 Å². The van der Waals surface area contributed by atoms with Crippen LogP contribution in [0.2, 0.25) is 0 Å². The van der Waals surface area contributed by atoms with E-state index < -0.39 is 21.8 Å². The third-order valence-electron chi connectivity index (χ3n) is 3.62. The summed E-state index contributed by atoms with van der Waals surface area (Å²) in [6.45, 7) is 7.31. The van der Waals surface area contributed by atoms with Crippen molar-refractivity contribution in [2.45, 2.75) is 50.7 Å². The molecule has 1 N–H and O–H groups in total. The predicted molar refractivity (Wildman–Crippen MR) is 94.7 cm³/mol. The molecule has 0 spiro atoms. The van der Waals surface area contributed by atoms with Gasteiger partial charge in [0.1, 0.15) is 5.60 Å². The standard InChI is InChI=1S/C18H25NO5S/c1-13-5-9-16(10-6-13)25(21,22)23-12-14-7-8-15(11-14)19-17(20)24-18(2,3)4/h5-10,14-15H,11-12H2,1-4H3,(H,19,20)/t14-,15+/m1/s1. The summed E-state index contributed by atoms with van der Waals surface area (Å²) in [5, 5.41) is 2.75. The smallest absolute Gasteiger partial charge is 0.408 e. The molecule has 1 amide bonds. The Morgan fingerprint density at radius 2 is 1.84 bits per heavy atom. The zero-order valence-corrected chi connectivity index (χ0v) is 15.8. The Labute approximate surface area is 149 Å². The zero-order valence-electron chi connectivity index (χ0n) is 15.0. The second-order valence-corrected chi connectivity index (χ2v) is 8.80. The van der Waals surface area contributed by atoms with E-state index in [0.29, 0.717) is 6.42 Å². The van der Waals surface area contributed by atoms with Crippen LogP contribution in [0, 0.1) is 12.8 Å². The molecular weight excluding hydrogens is 342 g/mol. The highest BCUT2D eigenvalue weighted by Gasteiger charge is 2.25. The number of carbonyl (C=O) groups excluding carboxylic acids is 1. The van der Waals surface area contributed by atoms with E-state index in [0.717, 1.165) is 5.56 Å². The lowest BCUT2D eigenvalue weighted by molar-refractivity contribution is 0.0511. The molecule has 1 aliphatic rings. The van der Waals surface area contributed by atoms with Crippen LogP contribution in [0.25, 0.3) is 0 Å². The molecule has 7 heteroatoms. The molecule has 138 valence electrons. The van der Waals surface area contributed by atoms with Gasteiger partial charge in [0.15, 0.2) is 0 Å². The van der Waals surface area contributed by atoms with E-state index in [1.807, 2.05) is 19.1 Å². The van der Waals surface area contributed by atoms with Crippen LogP contribution < -0.4 is 5.32 Å². The summed E-state index contributed by atoms with van der Waals surface area (Å²) in [4.78, 5) is 11.9. The molecule has 0 heterocycles. The van der Waals surface area contributed by atoms with Gasteiger partial charge < -0.3 is 10.1 Å². The number of amides is 1. The van der Waals surface area contributed by atoms with Crippen molar-refractivity contribution in [1.82, 2.24) is 5.32 Å². The van der Waals surface area contributed by atoms with Gasteiger partial charge in [0, 0.05) is 5.92 Å². The summed E-state index contributed by atoms with van der Waals surface area (Å²) in [7, 11) is -3.77. The Kier molecular flexibility index (Phi) is 5.90. The minimum atomic E-state index is -3.77. The second-order valence-electron chi connectivity index (χ2n) is 7.19. The van der Waals surface area contributed by atoms with Crippen molar-refractivity contribution in [3.8, 4) is 0 Å². The lowest BCUT2D eigenvalue weighted by Crippen LogP contribution is -2.37. The zero-order chi connectivity index (χ0) is 18.7. The molecule has 0 radical (unpaired) electrons. The maximum atomic E-state index is 12.2. The average Bonchev–Trinajstić information content (AvgIpc) is 2.91. The first kappa shape index (κ1) is 19.5. The highest BCUT2D eigenvalue weighted by Crippen LogP contribution is 2.21. The van der Waals surface area contributed by atoms with Crippen molar-refractivity contribution < 1.29 is 22.1 Å². The van der Waals surface area contributed by atoms with Crippen molar-refractivity contribution in [2.75, 3.05) is 6.61 Å². The lowest BCUT2D eigenvalue weighted by Gasteiger charge is -2.21. The summed E-state index contributed by atoms with van der Waals surface area (Å²) < 4.78 is 34.7. The van der Waals surface area contributed by atoms with Crippen LogP contribution in [-0.4, -0.2) is 32.8 Å². The topological polar surface area (TPSA) is 81.7 Å². The monoisotopic (exact) mass is 367 g/mol. The SMILES string of the molecule is Cc1ccc(S(=O)(=O)OC[C@@H]2C=C[C@H](NC(=O)OC(C)(C)C)C2)cc1. The van der Waals surface area contributed by atoms with Gasteiger partial charge in [-0.3, -0.25) is 4.18 Å². The van der Waals surface area contributed by atoms with Gasteiger partial charge in [-0.05, 0) is 46.2 Å². The number of hydrogen-bond donors (Lipinski definition) is 1. The first-order chi connectivity index (χ1) is 11.5. The van der Waals surface area contributed by atoms with Gasteiger partial charge in [-0.2, -0.15) is 8.42 Å². The fourth-order valence-corrected chi connectivity index (χ4v) is 3.37. The number of alkyl carbamates (subject to hydrolysis) is 1. The molecule has 2 atom stereocenters. The van der Waals surface area contributed by atoms with Gasteiger partial charge in [-0.15, -0.1) is 0 Å². The quantitative estimate of drug-likeness (QED) is 0.638. The Morgan fingerprint density at radius 1 is 1.20 bits per heavy atom. The minimum absolute atomic E-state index is 0.0409. The molecule has 0 saturated carbocycles. The van der Waals surface area contributed by atoms with Crippen LogP contribution in [0.5, 0.6) is 0 Å². The first-order valence-corrected chi connectivity index (χ1v) is 9.60. The van der Waals surface area contributed by atoms with Gasteiger partial charge in [0.25, 0.3) is 10.1 Å². The molecule has 0 aliphatic heterocycles. The van der Waals surface area contributed by atoms with Gasteiger partial charge in [-0.25, -0.2) is 4.79 Å². The lowest BCUT2D eigenvalue weighted by atomic mass is 10.1. The van der Waals surface area contributed by atoms with E-state index in [4.69, 9.17) is 8.92 Å². The van der Waals surface area contributed by atoms with Crippen molar-refractivity contribution in [1.29, 1.82) is 0 Å². The van der Waals surface area contributed by atoms with Crippen LogP contribution >= 0.6 is 0 Å². The van der Waals surface area contributed by atoms with E-state index in [9.17, 15) is 13.2 Å². The molecule has 0 saturated heterocycles. The largest absolute Gasteiger partial charge is 0.444 e. The van der Waals surface area contributed by atoms with Crippen LogP contribution in [0.3, 0.4) is 0 Å². The van der Waals surface area contributed by atoms with Gasteiger partial charge in [-0.1, -0.05) is 29.8 Å². The van der Waals surface area contributed by atoms with Gasteiger partial charge in [0.2, 0.25) is 0 Å². The maximum absolute atomic E-state index is 12.2. The highest BCUT2D eigenvalue weighted by molar-refractivity contribution is 7.86. The van der Waals surface area contributed by atoms with Gasteiger partial charge >= 0.3 is 6.09 Å². The molecular formula is C18H25NO5S. The van der Waals surface area contributed by atoms with Crippen molar-refractivity contribution in [2.24, 2.45) is 5.92 Å². The maximum Gasteiger partial charge on any atom is 0.408 e. The fourth-order valence-electron chi connectivity index (χ4n) is 2.41. The Hall–Kier alpha value is -1.86. The van der Waals surface area contributed by atoms with Crippen LogP contribution in [-0.2, 0) is 19.0 Å². The number of rotatable bonds is 5. The van der Waals surface area contributed by atoms with Crippen LogP contribution in [0.4, 0.5) is 4.79 Å². The predicted octanol–water partition coefficient (Wildman–Crippen LogP) is 3.17. The molecule has 0 unspecified atom stereocenters. The molecule has 25 heavy (non-hydrogen) atoms.